The normalized spacial score (nSPS) is 14.7. The van der Waals surface area contributed by atoms with Crippen molar-refractivity contribution < 1.29 is 9.53 Å². The third-order valence-corrected chi connectivity index (χ3v) is 5.79. The Morgan fingerprint density at radius 2 is 1.68 bits per heavy atom. The number of nitrogens with zero attached hydrogens (tertiary/aromatic N) is 5. The van der Waals surface area contributed by atoms with Crippen LogP contribution < -0.4 is 4.74 Å². The van der Waals surface area contributed by atoms with Crippen LogP contribution in [0.4, 0.5) is 0 Å². The molecule has 31 heavy (non-hydrogen) atoms. The van der Waals surface area contributed by atoms with Crippen LogP contribution in [0, 0.1) is 0 Å². The monoisotopic (exact) mass is 413 g/mol. The molecule has 156 valence electrons. The van der Waals surface area contributed by atoms with Gasteiger partial charge in [-0.3, -0.25) is 9.48 Å². The zero-order chi connectivity index (χ0) is 21.2. The second-order valence-electron chi connectivity index (χ2n) is 7.69. The Bertz CT molecular complexity index is 1210. The number of amides is 1. The van der Waals surface area contributed by atoms with E-state index in [0.717, 1.165) is 40.4 Å². The van der Waals surface area contributed by atoms with Gasteiger partial charge in [0.2, 0.25) is 0 Å². The highest BCUT2D eigenvalue weighted by atomic mass is 16.5. The lowest BCUT2D eigenvalue weighted by Gasteiger charge is -2.32. The Morgan fingerprint density at radius 3 is 2.39 bits per heavy atom. The van der Waals surface area contributed by atoms with Crippen molar-refractivity contribution in [3.63, 3.8) is 0 Å². The van der Waals surface area contributed by atoms with Crippen molar-refractivity contribution in [2.24, 2.45) is 7.05 Å². The van der Waals surface area contributed by atoms with Crippen LogP contribution in [0.5, 0.6) is 6.01 Å². The van der Waals surface area contributed by atoms with Crippen LogP contribution in [0.1, 0.15) is 23.2 Å². The number of aromatic nitrogens is 4. The van der Waals surface area contributed by atoms with E-state index in [-0.39, 0.29) is 12.0 Å². The Balaban J connectivity index is 1.37. The van der Waals surface area contributed by atoms with E-state index in [1.807, 2.05) is 53.0 Å². The molecule has 0 saturated carbocycles. The molecule has 0 spiro atoms. The zero-order valence-electron chi connectivity index (χ0n) is 17.3. The molecule has 0 atom stereocenters. The van der Waals surface area contributed by atoms with E-state index in [9.17, 15) is 4.79 Å². The van der Waals surface area contributed by atoms with Crippen LogP contribution in [0.25, 0.3) is 22.0 Å². The number of hydrogen-bond donors (Lipinski definition) is 0. The summed E-state index contributed by atoms with van der Waals surface area (Å²) < 4.78 is 7.71. The first-order valence-electron chi connectivity index (χ1n) is 10.4. The summed E-state index contributed by atoms with van der Waals surface area (Å²) in [5.41, 5.74) is 2.82. The molecule has 1 amide bonds. The van der Waals surface area contributed by atoms with Gasteiger partial charge >= 0.3 is 6.01 Å². The molecule has 5 rings (SSSR count). The molecule has 1 aliphatic rings. The molecular weight excluding hydrogens is 390 g/mol. The lowest BCUT2D eigenvalue weighted by atomic mass is 9.96. The van der Waals surface area contributed by atoms with Gasteiger partial charge in [-0.2, -0.15) is 5.10 Å². The minimum Gasteiger partial charge on any atom is -0.460 e. The smallest absolute Gasteiger partial charge is 0.316 e. The fourth-order valence-corrected chi connectivity index (χ4v) is 4.19. The molecule has 2 aromatic heterocycles. The summed E-state index contributed by atoms with van der Waals surface area (Å²) in [6.07, 6.45) is 6.66. The van der Waals surface area contributed by atoms with E-state index in [0.29, 0.717) is 19.1 Å². The highest BCUT2D eigenvalue weighted by Crippen LogP contribution is 2.31. The lowest BCUT2D eigenvalue weighted by molar-refractivity contribution is 0.0580. The molecule has 4 aromatic rings. The average Bonchev–Trinajstić information content (AvgIpc) is 3.24. The van der Waals surface area contributed by atoms with Gasteiger partial charge in [0.25, 0.3) is 5.91 Å². The van der Waals surface area contributed by atoms with Gasteiger partial charge < -0.3 is 9.64 Å². The molecule has 0 unspecified atom stereocenters. The number of rotatable bonds is 4. The number of aryl methyl sites for hydroxylation is 1. The summed E-state index contributed by atoms with van der Waals surface area (Å²) >= 11 is 0. The molecule has 2 aromatic carbocycles. The van der Waals surface area contributed by atoms with Crippen LogP contribution in [0.2, 0.25) is 0 Å². The molecule has 0 aliphatic carbocycles. The average molecular weight is 413 g/mol. The van der Waals surface area contributed by atoms with Crippen molar-refractivity contribution in [1.82, 2.24) is 24.6 Å². The molecule has 1 fully saturated rings. The minimum atomic E-state index is 0.0235. The van der Waals surface area contributed by atoms with Crippen molar-refractivity contribution in [2.45, 2.75) is 18.9 Å². The first-order valence-corrected chi connectivity index (χ1v) is 10.4. The number of ether oxygens (including phenoxy) is 1. The van der Waals surface area contributed by atoms with Gasteiger partial charge in [-0.15, -0.1) is 0 Å². The van der Waals surface area contributed by atoms with E-state index < -0.39 is 0 Å². The van der Waals surface area contributed by atoms with Crippen molar-refractivity contribution in [2.75, 3.05) is 13.1 Å². The predicted octanol–water partition coefficient (Wildman–Crippen LogP) is 3.71. The van der Waals surface area contributed by atoms with Gasteiger partial charge in [0.15, 0.2) is 0 Å². The standard InChI is InChI=1S/C24H23N5O2/c1-28-22(9-14-27-28)20-7-8-21(19-6-3-2-5-18(19)20)23(30)29-15-10-17(11-16-29)31-24-25-12-4-13-26-24/h2-9,12-14,17H,10-11,15-16H2,1H3. The SMILES string of the molecule is Cn1nccc1-c1ccc(C(=O)N2CCC(Oc3ncccn3)CC2)c2ccccc12. The van der Waals surface area contributed by atoms with Gasteiger partial charge in [0, 0.05) is 62.7 Å². The largest absolute Gasteiger partial charge is 0.460 e. The maximum atomic E-state index is 13.4. The topological polar surface area (TPSA) is 73.1 Å². The number of piperidine rings is 1. The van der Waals surface area contributed by atoms with E-state index in [1.165, 1.54) is 0 Å². The molecule has 0 bridgehead atoms. The summed E-state index contributed by atoms with van der Waals surface area (Å²) in [6.45, 7) is 1.29. The molecule has 0 N–H and O–H groups in total. The summed E-state index contributed by atoms with van der Waals surface area (Å²) in [7, 11) is 1.93. The second kappa shape index (κ2) is 8.18. The quantitative estimate of drug-likeness (QED) is 0.510. The summed E-state index contributed by atoms with van der Waals surface area (Å²) in [6, 6.07) is 16.2. The highest BCUT2D eigenvalue weighted by molar-refractivity contribution is 6.10. The van der Waals surface area contributed by atoms with Crippen LogP contribution in [-0.4, -0.2) is 49.7 Å². The number of benzene rings is 2. The lowest BCUT2D eigenvalue weighted by Crippen LogP contribution is -2.42. The highest BCUT2D eigenvalue weighted by Gasteiger charge is 2.26. The molecule has 0 radical (unpaired) electrons. The molecule has 3 heterocycles. The van der Waals surface area contributed by atoms with Crippen LogP contribution in [0.3, 0.4) is 0 Å². The van der Waals surface area contributed by atoms with Gasteiger partial charge in [0.1, 0.15) is 6.10 Å². The number of fused-ring (bicyclic) bond motifs is 1. The van der Waals surface area contributed by atoms with E-state index >= 15 is 0 Å². The van der Waals surface area contributed by atoms with E-state index in [1.54, 1.807) is 24.7 Å². The Labute approximate surface area is 180 Å². The molecule has 1 saturated heterocycles. The van der Waals surface area contributed by atoms with E-state index in [2.05, 4.69) is 21.1 Å². The first-order chi connectivity index (χ1) is 15.2. The summed E-state index contributed by atoms with van der Waals surface area (Å²) in [5, 5.41) is 6.30. The Morgan fingerprint density at radius 1 is 0.935 bits per heavy atom. The van der Waals surface area contributed by atoms with Crippen LogP contribution >= 0.6 is 0 Å². The fraction of sp³-hybridized carbons (Fsp3) is 0.250. The number of carbonyl (C=O) groups excluding carboxylic acids is 1. The maximum Gasteiger partial charge on any atom is 0.316 e. The van der Waals surface area contributed by atoms with Crippen molar-refractivity contribution >= 4 is 16.7 Å². The van der Waals surface area contributed by atoms with Crippen molar-refractivity contribution in [3.05, 3.63) is 72.7 Å². The number of hydrogen-bond acceptors (Lipinski definition) is 5. The van der Waals surface area contributed by atoms with Gasteiger partial charge in [-0.05, 0) is 29.0 Å². The Hall–Kier alpha value is -3.74. The van der Waals surface area contributed by atoms with E-state index in [4.69, 9.17) is 4.74 Å². The predicted molar refractivity (Wildman–Crippen MR) is 118 cm³/mol. The third kappa shape index (κ3) is 3.74. The molecule has 1 aliphatic heterocycles. The maximum absolute atomic E-state index is 13.4. The molecular formula is C24H23N5O2. The van der Waals surface area contributed by atoms with Gasteiger partial charge in [-0.1, -0.05) is 30.3 Å². The number of carbonyl (C=O) groups is 1. The third-order valence-electron chi connectivity index (χ3n) is 5.79. The molecule has 7 nitrogen and oxygen atoms in total. The fourth-order valence-electron chi connectivity index (χ4n) is 4.19. The summed E-state index contributed by atoms with van der Waals surface area (Å²) in [5.74, 6) is 0.0576. The Kier molecular flexibility index (Phi) is 5.08. The second-order valence-corrected chi connectivity index (χ2v) is 7.69. The van der Waals surface area contributed by atoms with Crippen molar-refractivity contribution in [3.8, 4) is 17.3 Å². The molecule has 7 heteroatoms. The van der Waals surface area contributed by atoms with Crippen molar-refractivity contribution in [1.29, 1.82) is 0 Å². The van der Waals surface area contributed by atoms with Crippen LogP contribution in [0.15, 0.2) is 67.1 Å². The van der Waals surface area contributed by atoms with Gasteiger partial charge in [0.05, 0.1) is 5.69 Å². The number of likely N-dealkylation sites (tertiary alicyclic amines) is 1. The van der Waals surface area contributed by atoms with Gasteiger partial charge in [-0.25, -0.2) is 9.97 Å². The summed E-state index contributed by atoms with van der Waals surface area (Å²) in [4.78, 5) is 23.5. The van der Waals surface area contributed by atoms with Crippen LogP contribution in [-0.2, 0) is 7.05 Å². The minimum absolute atomic E-state index is 0.0235. The first kappa shape index (κ1) is 19.2. The zero-order valence-corrected chi connectivity index (χ0v) is 17.3.